The van der Waals surface area contributed by atoms with Gasteiger partial charge < -0.3 is 10.3 Å². The zero-order chi connectivity index (χ0) is 14.2. The first-order valence-electron chi connectivity index (χ1n) is 6.79. The predicted octanol–water partition coefficient (Wildman–Crippen LogP) is 3.76. The number of nitrogens with two attached hydrogens (primary N) is 1. The molecule has 0 unspecified atom stereocenters. The number of hydrogen-bond donors (Lipinski definition) is 1. The Morgan fingerprint density at radius 1 is 1.26 bits per heavy atom. The van der Waals surface area contributed by atoms with Crippen molar-refractivity contribution in [3.63, 3.8) is 0 Å². The highest BCUT2D eigenvalue weighted by atomic mass is 15.2. The van der Waals surface area contributed by atoms with Crippen LogP contribution in [0.5, 0.6) is 0 Å². The van der Waals surface area contributed by atoms with Crippen molar-refractivity contribution in [3.8, 4) is 11.3 Å². The Balaban J connectivity index is 2.64. The van der Waals surface area contributed by atoms with Gasteiger partial charge in [-0.3, -0.25) is 0 Å². The van der Waals surface area contributed by atoms with Gasteiger partial charge in [0.1, 0.15) is 17.3 Å². The van der Waals surface area contributed by atoms with Crippen molar-refractivity contribution in [2.24, 2.45) is 0 Å². The molecule has 3 heteroatoms. The monoisotopic (exact) mass is 257 g/mol. The minimum absolute atomic E-state index is 0.0511. The van der Waals surface area contributed by atoms with Gasteiger partial charge in [-0.15, -0.1) is 0 Å². The van der Waals surface area contributed by atoms with Crippen LogP contribution >= 0.6 is 0 Å². The smallest absolute Gasteiger partial charge is 0.132 e. The number of hydrogen-bond acceptors (Lipinski definition) is 2. The summed E-state index contributed by atoms with van der Waals surface area (Å²) in [4.78, 5) is 4.74. The van der Waals surface area contributed by atoms with Crippen LogP contribution in [-0.2, 0) is 12.0 Å². The normalized spacial score (nSPS) is 11.8. The summed E-state index contributed by atoms with van der Waals surface area (Å²) in [6.45, 7) is 10.7. The van der Waals surface area contributed by atoms with E-state index in [0.717, 1.165) is 29.3 Å². The molecule has 2 aromatic rings. The molecule has 1 heterocycles. The number of anilines is 1. The Morgan fingerprint density at radius 3 is 2.42 bits per heavy atom. The van der Waals surface area contributed by atoms with Crippen LogP contribution in [0.2, 0.25) is 0 Å². The summed E-state index contributed by atoms with van der Waals surface area (Å²) in [7, 11) is 0. The Labute approximate surface area is 115 Å². The molecular weight excluding hydrogens is 234 g/mol. The first kappa shape index (κ1) is 13.7. The average molecular weight is 257 g/mol. The van der Waals surface area contributed by atoms with Gasteiger partial charge in [0.05, 0.1) is 0 Å². The van der Waals surface area contributed by atoms with Gasteiger partial charge in [0, 0.05) is 17.5 Å². The average Bonchev–Trinajstić information content (AvgIpc) is 2.66. The topological polar surface area (TPSA) is 43.8 Å². The fraction of sp³-hybridized carbons (Fsp3) is 0.438. The van der Waals surface area contributed by atoms with Gasteiger partial charge in [-0.2, -0.15) is 0 Å². The molecule has 0 spiro atoms. The SMILES string of the molecule is CCc1nc(-c2cccc(C)c2)c(N)n1C(C)(C)C. The van der Waals surface area contributed by atoms with Crippen LogP contribution in [-0.4, -0.2) is 9.55 Å². The van der Waals surface area contributed by atoms with Gasteiger partial charge in [0.15, 0.2) is 0 Å². The quantitative estimate of drug-likeness (QED) is 0.890. The van der Waals surface area contributed by atoms with E-state index in [2.05, 4.69) is 57.4 Å². The van der Waals surface area contributed by atoms with E-state index in [0.29, 0.717) is 0 Å². The fourth-order valence-corrected chi connectivity index (χ4v) is 2.47. The molecule has 0 saturated heterocycles. The molecule has 0 radical (unpaired) electrons. The summed E-state index contributed by atoms with van der Waals surface area (Å²) >= 11 is 0. The molecule has 0 aliphatic rings. The molecule has 2 rings (SSSR count). The lowest BCUT2D eigenvalue weighted by molar-refractivity contribution is 0.389. The number of imidazole rings is 1. The van der Waals surface area contributed by atoms with Crippen molar-refractivity contribution in [2.75, 3.05) is 5.73 Å². The predicted molar refractivity (Wildman–Crippen MR) is 81.2 cm³/mol. The maximum absolute atomic E-state index is 6.35. The Kier molecular flexibility index (Phi) is 3.40. The van der Waals surface area contributed by atoms with E-state index in [1.165, 1.54) is 5.56 Å². The summed E-state index contributed by atoms with van der Waals surface area (Å²) < 4.78 is 2.14. The van der Waals surface area contributed by atoms with E-state index in [4.69, 9.17) is 10.7 Å². The summed E-state index contributed by atoms with van der Waals surface area (Å²) in [5.74, 6) is 1.80. The number of aryl methyl sites for hydroxylation is 2. The van der Waals surface area contributed by atoms with Crippen molar-refractivity contribution in [3.05, 3.63) is 35.7 Å². The highest BCUT2D eigenvalue weighted by Crippen LogP contribution is 2.31. The zero-order valence-corrected chi connectivity index (χ0v) is 12.5. The van der Waals surface area contributed by atoms with Crippen LogP contribution in [0.3, 0.4) is 0 Å². The summed E-state index contributed by atoms with van der Waals surface area (Å²) in [5.41, 5.74) is 9.51. The summed E-state index contributed by atoms with van der Waals surface area (Å²) in [5, 5.41) is 0. The van der Waals surface area contributed by atoms with Gasteiger partial charge in [-0.05, 0) is 33.8 Å². The molecule has 2 N–H and O–H groups in total. The van der Waals surface area contributed by atoms with Crippen LogP contribution < -0.4 is 5.73 Å². The molecule has 19 heavy (non-hydrogen) atoms. The van der Waals surface area contributed by atoms with E-state index < -0.39 is 0 Å². The van der Waals surface area contributed by atoms with Crippen LogP contribution in [0.25, 0.3) is 11.3 Å². The molecule has 0 amide bonds. The lowest BCUT2D eigenvalue weighted by atomic mass is 10.1. The Bertz CT molecular complexity index is 589. The van der Waals surface area contributed by atoms with Gasteiger partial charge in [0.25, 0.3) is 0 Å². The molecule has 1 aromatic carbocycles. The third kappa shape index (κ3) is 2.50. The number of benzene rings is 1. The molecule has 0 aliphatic carbocycles. The van der Waals surface area contributed by atoms with Crippen LogP contribution in [0.15, 0.2) is 24.3 Å². The van der Waals surface area contributed by atoms with E-state index in [9.17, 15) is 0 Å². The fourth-order valence-electron chi connectivity index (χ4n) is 2.47. The second kappa shape index (κ2) is 4.72. The van der Waals surface area contributed by atoms with Gasteiger partial charge in [-0.25, -0.2) is 4.98 Å². The van der Waals surface area contributed by atoms with Gasteiger partial charge >= 0.3 is 0 Å². The second-order valence-corrected chi connectivity index (χ2v) is 5.99. The van der Waals surface area contributed by atoms with E-state index in [-0.39, 0.29) is 5.54 Å². The molecule has 102 valence electrons. The third-order valence-corrected chi connectivity index (χ3v) is 3.26. The Hall–Kier alpha value is -1.77. The molecule has 0 aliphatic heterocycles. The van der Waals surface area contributed by atoms with Crippen LogP contribution in [0.4, 0.5) is 5.82 Å². The lowest BCUT2D eigenvalue weighted by Crippen LogP contribution is -2.25. The maximum Gasteiger partial charge on any atom is 0.132 e. The molecule has 0 fully saturated rings. The largest absolute Gasteiger partial charge is 0.383 e. The number of nitrogen functional groups attached to an aromatic ring is 1. The van der Waals surface area contributed by atoms with E-state index in [1.54, 1.807) is 0 Å². The highest BCUT2D eigenvalue weighted by Gasteiger charge is 2.23. The van der Waals surface area contributed by atoms with Gasteiger partial charge in [-0.1, -0.05) is 30.7 Å². The molecule has 0 atom stereocenters. The molecule has 0 bridgehead atoms. The molecule has 1 aromatic heterocycles. The first-order valence-corrected chi connectivity index (χ1v) is 6.79. The molecule has 0 saturated carbocycles. The van der Waals surface area contributed by atoms with Crippen molar-refractivity contribution in [2.45, 2.75) is 46.6 Å². The zero-order valence-electron chi connectivity index (χ0n) is 12.5. The summed E-state index contributed by atoms with van der Waals surface area (Å²) in [6.07, 6.45) is 0.882. The molecule has 3 nitrogen and oxygen atoms in total. The van der Waals surface area contributed by atoms with Crippen LogP contribution in [0, 0.1) is 6.92 Å². The number of aromatic nitrogens is 2. The highest BCUT2D eigenvalue weighted by molar-refractivity contribution is 5.71. The van der Waals surface area contributed by atoms with Gasteiger partial charge in [0.2, 0.25) is 0 Å². The first-order chi connectivity index (χ1) is 8.84. The number of rotatable bonds is 2. The van der Waals surface area contributed by atoms with Crippen molar-refractivity contribution in [1.82, 2.24) is 9.55 Å². The lowest BCUT2D eigenvalue weighted by Gasteiger charge is -2.24. The van der Waals surface area contributed by atoms with Crippen molar-refractivity contribution < 1.29 is 0 Å². The van der Waals surface area contributed by atoms with Crippen molar-refractivity contribution >= 4 is 5.82 Å². The third-order valence-electron chi connectivity index (χ3n) is 3.26. The van der Waals surface area contributed by atoms with Crippen molar-refractivity contribution in [1.29, 1.82) is 0 Å². The Morgan fingerprint density at radius 2 is 1.95 bits per heavy atom. The molecular formula is C16H23N3. The van der Waals surface area contributed by atoms with E-state index in [1.807, 2.05) is 6.07 Å². The summed E-state index contributed by atoms with van der Waals surface area (Å²) in [6, 6.07) is 8.33. The standard InChI is InChI=1S/C16H23N3/c1-6-13-18-14(12-9-7-8-11(2)10-12)15(17)19(13)16(3,4)5/h7-10H,6,17H2,1-5H3. The minimum Gasteiger partial charge on any atom is -0.383 e. The second-order valence-electron chi connectivity index (χ2n) is 5.99. The minimum atomic E-state index is -0.0511. The number of nitrogens with zero attached hydrogens (tertiary/aromatic N) is 2. The van der Waals surface area contributed by atoms with E-state index >= 15 is 0 Å². The maximum atomic E-state index is 6.35. The van der Waals surface area contributed by atoms with Crippen LogP contribution in [0.1, 0.15) is 39.1 Å².